The van der Waals surface area contributed by atoms with Gasteiger partial charge in [-0.1, -0.05) is 29.3 Å². The number of halogens is 2. The molecule has 0 aromatic heterocycles. The third-order valence-corrected chi connectivity index (χ3v) is 3.50. The van der Waals surface area contributed by atoms with Crippen LogP contribution >= 0.6 is 11.6 Å². The number of benzene rings is 1. The Morgan fingerprint density at radius 3 is 2.78 bits per heavy atom. The van der Waals surface area contributed by atoms with Crippen molar-refractivity contribution in [3.8, 4) is 0 Å². The molecule has 1 aliphatic rings. The maximum Gasteiger partial charge on any atom is 0.142 e. The van der Waals surface area contributed by atoms with Crippen molar-refractivity contribution in [2.75, 3.05) is 0 Å². The van der Waals surface area contributed by atoms with E-state index in [1.165, 1.54) is 30.5 Å². The molecule has 3 heteroatoms. The number of Topliss-reactive ketones (excluding diaryl/α,β-unsaturated/α-hetero) is 1. The largest absolute Gasteiger partial charge is 0.299 e. The van der Waals surface area contributed by atoms with Gasteiger partial charge in [0.1, 0.15) is 11.6 Å². The second kappa shape index (κ2) is 6.14. The molecule has 1 aromatic carbocycles. The van der Waals surface area contributed by atoms with Crippen LogP contribution in [0.15, 0.2) is 29.8 Å². The molecule has 0 radical (unpaired) electrons. The van der Waals surface area contributed by atoms with Gasteiger partial charge in [-0.2, -0.15) is 0 Å². The smallest absolute Gasteiger partial charge is 0.142 e. The van der Waals surface area contributed by atoms with E-state index in [2.05, 4.69) is 6.08 Å². The van der Waals surface area contributed by atoms with E-state index in [1.54, 1.807) is 6.07 Å². The van der Waals surface area contributed by atoms with Crippen LogP contribution in [0.4, 0.5) is 4.39 Å². The number of carbonyl (C=O) groups excluding carboxylic acids is 1. The van der Waals surface area contributed by atoms with Crippen LogP contribution in [0.5, 0.6) is 0 Å². The molecule has 1 nitrogen and oxygen atoms in total. The lowest BCUT2D eigenvalue weighted by Gasteiger charge is -2.11. The standard InChI is InChI=1S/C15H16ClFO/c16-14-7-6-12(10-15(14)17)9-13(18)8-11-4-2-1-3-5-11/h4,6-7,10H,1-3,5,8-9H2. The maximum absolute atomic E-state index is 13.2. The molecule has 2 rings (SSSR count). The Morgan fingerprint density at radius 2 is 2.11 bits per heavy atom. The lowest BCUT2D eigenvalue weighted by atomic mass is 9.94. The molecular formula is C15H16ClFO. The zero-order chi connectivity index (χ0) is 13.0. The monoisotopic (exact) mass is 266 g/mol. The van der Waals surface area contributed by atoms with Crippen LogP contribution in [0.25, 0.3) is 0 Å². The highest BCUT2D eigenvalue weighted by molar-refractivity contribution is 6.30. The minimum Gasteiger partial charge on any atom is -0.299 e. The maximum atomic E-state index is 13.2. The van der Waals surface area contributed by atoms with Crippen LogP contribution in [-0.4, -0.2) is 5.78 Å². The van der Waals surface area contributed by atoms with Gasteiger partial charge >= 0.3 is 0 Å². The summed E-state index contributed by atoms with van der Waals surface area (Å²) in [7, 11) is 0. The van der Waals surface area contributed by atoms with Gasteiger partial charge in [0, 0.05) is 12.8 Å². The first-order chi connectivity index (χ1) is 8.65. The van der Waals surface area contributed by atoms with E-state index in [0.717, 1.165) is 12.8 Å². The summed E-state index contributed by atoms with van der Waals surface area (Å²) in [6, 6.07) is 4.55. The van der Waals surface area contributed by atoms with Crippen molar-refractivity contribution in [3.63, 3.8) is 0 Å². The van der Waals surface area contributed by atoms with Crippen molar-refractivity contribution in [1.82, 2.24) is 0 Å². The minimum atomic E-state index is -0.459. The summed E-state index contributed by atoms with van der Waals surface area (Å²) in [6.07, 6.45) is 7.47. The van der Waals surface area contributed by atoms with Crippen molar-refractivity contribution in [3.05, 3.63) is 46.3 Å². The normalized spacial score (nSPS) is 15.3. The molecule has 0 saturated heterocycles. The average Bonchev–Trinajstić information content (AvgIpc) is 2.35. The van der Waals surface area contributed by atoms with Gasteiger partial charge in [-0.25, -0.2) is 4.39 Å². The first-order valence-electron chi connectivity index (χ1n) is 6.28. The van der Waals surface area contributed by atoms with Crippen LogP contribution in [0.2, 0.25) is 5.02 Å². The highest BCUT2D eigenvalue weighted by Crippen LogP contribution is 2.21. The number of ketones is 1. The van der Waals surface area contributed by atoms with E-state index in [9.17, 15) is 9.18 Å². The molecule has 1 aromatic rings. The molecule has 0 saturated carbocycles. The van der Waals surface area contributed by atoms with E-state index in [1.807, 2.05) is 0 Å². The fourth-order valence-electron chi connectivity index (χ4n) is 2.26. The fourth-order valence-corrected chi connectivity index (χ4v) is 2.38. The molecular weight excluding hydrogens is 251 g/mol. The van der Waals surface area contributed by atoms with Crippen molar-refractivity contribution < 1.29 is 9.18 Å². The molecule has 1 aliphatic carbocycles. The molecule has 0 N–H and O–H groups in total. The summed E-state index contributed by atoms with van der Waals surface area (Å²) < 4.78 is 13.2. The van der Waals surface area contributed by atoms with Crippen LogP contribution in [0, 0.1) is 5.82 Å². The van der Waals surface area contributed by atoms with Gasteiger partial charge in [-0.05, 0) is 43.4 Å². The van der Waals surface area contributed by atoms with Crippen LogP contribution in [0.3, 0.4) is 0 Å². The lowest BCUT2D eigenvalue weighted by molar-refractivity contribution is -0.117. The first kappa shape index (κ1) is 13.3. The van der Waals surface area contributed by atoms with Gasteiger partial charge in [0.15, 0.2) is 0 Å². The Balaban J connectivity index is 1.94. The highest BCUT2D eigenvalue weighted by Gasteiger charge is 2.11. The van der Waals surface area contributed by atoms with Gasteiger partial charge in [0.2, 0.25) is 0 Å². The second-order valence-electron chi connectivity index (χ2n) is 4.75. The first-order valence-corrected chi connectivity index (χ1v) is 6.66. The molecule has 96 valence electrons. The number of rotatable bonds is 4. The summed E-state index contributed by atoms with van der Waals surface area (Å²) in [5.41, 5.74) is 1.93. The van der Waals surface area contributed by atoms with Crippen molar-refractivity contribution in [2.24, 2.45) is 0 Å². The summed E-state index contributed by atoms with van der Waals surface area (Å²) >= 11 is 5.60. The predicted octanol–water partition coefficient (Wildman–Crippen LogP) is 4.48. The Bertz CT molecular complexity index is 479. The summed E-state index contributed by atoms with van der Waals surface area (Å²) in [5, 5.41) is 0.0983. The fraction of sp³-hybridized carbons (Fsp3) is 0.400. The molecule has 0 spiro atoms. The molecule has 0 amide bonds. The summed E-state index contributed by atoms with van der Waals surface area (Å²) in [5.74, 6) is -0.316. The Morgan fingerprint density at radius 1 is 1.28 bits per heavy atom. The molecule has 0 atom stereocenters. The number of allylic oxidation sites excluding steroid dienone is 2. The van der Waals surface area contributed by atoms with Gasteiger partial charge in [-0.3, -0.25) is 4.79 Å². The van der Waals surface area contributed by atoms with E-state index >= 15 is 0 Å². The number of hydrogen-bond donors (Lipinski definition) is 0. The van der Waals surface area contributed by atoms with Gasteiger partial charge in [0.25, 0.3) is 0 Å². The molecule has 0 unspecified atom stereocenters. The molecule has 0 fully saturated rings. The van der Waals surface area contributed by atoms with Crippen molar-refractivity contribution in [1.29, 1.82) is 0 Å². The van der Waals surface area contributed by atoms with E-state index < -0.39 is 5.82 Å². The highest BCUT2D eigenvalue weighted by atomic mass is 35.5. The summed E-state index contributed by atoms with van der Waals surface area (Å²) in [4.78, 5) is 11.9. The number of carbonyl (C=O) groups is 1. The van der Waals surface area contributed by atoms with Crippen LogP contribution < -0.4 is 0 Å². The van der Waals surface area contributed by atoms with E-state index in [-0.39, 0.29) is 17.2 Å². The van der Waals surface area contributed by atoms with Gasteiger partial charge in [0.05, 0.1) is 5.02 Å². The molecule has 0 aliphatic heterocycles. The Labute approximate surface area is 112 Å². The Hall–Kier alpha value is -1.15. The average molecular weight is 267 g/mol. The minimum absolute atomic E-state index is 0.0983. The topological polar surface area (TPSA) is 17.1 Å². The van der Waals surface area contributed by atoms with Crippen molar-refractivity contribution in [2.45, 2.75) is 38.5 Å². The van der Waals surface area contributed by atoms with Gasteiger partial charge < -0.3 is 0 Å². The third-order valence-electron chi connectivity index (χ3n) is 3.19. The predicted molar refractivity (Wildman–Crippen MR) is 71.3 cm³/mol. The van der Waals surface area contributed by atoms with E-state index in [0.29, 0.717) is 12.0 Å². The zero-order valence-corrected chi connectivity index (χ0v) is 11.0. The number of hydrogen-bond acceptors (Lipinski definition) is 1. The molecule has 0 bridgehead atoms. The molecule has 18 heavy (non-hydrogen) atoms. The van der Waals surface area contributed by atoms with Crippen LogP contribution in [0.1, 0.15) is 37.7 Å². The molecule has 0 heterocycles. The quantitative estimate of drug-likeness (QED) is 0.735. The summed E-state index contributed by atoms with van der Waals surface area (Å²) in [6.45, 7) is 0. The Kier molecular flexibility index (Phi) is 4.54. The van der Waals surface area contributed by atoms with Gasteiger partial charge in [-0.15, -0.1) is 0 Å². The SMILES string of the molecule is O=C(CC1=CCCCC1)Cc1ccc(Cl)c(F)c1. The van der Waals surface area contributed by atoms with Crippen molar-refractivity contribution >= 4 is 17.4 Å². The van der Waals surface area contributed by atoms with E-state index in [4.69, 9.17) is 11.6 Å². The third kappa shape index (κ3) is 3.67. The zero-order valence-electron chi connectivity index (χ0n) is 10.2. The lowest BCUT2D eigenvalue weighted by Crippen LogP contribution is -2.06. The second-order valence-corrected chi connectivity index (χ2v) is 5.16. The van der Waals surface area contributed by atoms with Crippen LogP contribution in [-0.2, 0) is 11.2 Å².